The van der Waals surface area contributed by atoms with Gasteiger partial charge in [0.15, 0.2) is 0 Å². The van der Waals surface area contributed by atoms with Crippen LogP contribution < -0.4 is 9.46 Å². The van der Waals surface area contributed by atoms with E-state index < -0.39 is 27.4 Å². The molecule has 4 rings (SSSR count). The minimum Gasteiger partial charge on any atom is -0.495 e. The fraction of sp³-hybridized carbons (Fsp3) is 0.333. The Labute approximate surface area is 201 Å². The highest BCUT2D eigenvalue weighted by Crippen LogP contribution is 2.37. The topological polar surface area (TPSA) is 106 Å². The molecular weight excluding hydrogens is 479 g/mol. The Kier molecular flexibility index (Phi) is 6.90. The van der Waals surface area contributed by atoms with E-state index in [1.807, 2.05) is 12.1 Å². The predicted octanol–water partition coefficient (Wildman–Crippen LogP) is 5.75. The Balaban J connectivity index is 1.53. The first-order valence-corrected chi connectivity index (χ1v) is 13.2. The number of nitrogens with zero attached hydrogens (tertiary/aromatic N) is 1. The number of aromatic carboxylic acids is 1. The predicted molar refractivity (Wildman–Crippen MR) is 129 cm³/mol. The zero-order valence-corrected chi connectivity index (χ0v) is 20.4. The summed E-state index contributed by atoms with van der Waals surface area (Å²) in [5, 5.41) is 9.06. The van der Waals surface area contributed by atoms with E-state index in [2.05, 4.69) is 28.8 Å². The summed E-state index contributed by atoms with van der Waals surface area (Å²) in [6, 6.07) is 9.86. The molecular formula is C24H25FN2O5S2. The Bertz CT molecular complexity index is 1300. The van der Waals surface area contributed by atoms with E-state index in [0.29, 0.717) is 10.8 Å². The Morgan fingerprint density at radius 2 is 1.85 bits per heavy atom. The number of rotatable bonds is 7. The van der Waals surface area contributed by atoms with Crippen molar-refractivity contribution in [2.45, 2.75) is 42.9 Å². The van der Waals surface area contributed by atoms with E-state index in [-0.39, 0.29) is 15.8 Å². The van der Waals surface area contributed by atoms with E-state index in [1.54, 1.807) is 0 Å². The van der Waals surface area contributed by atoms with Gasteiger partial charge in [-0.2, -0.15) is 8.42 Å². The molecule has 1 saturated carbocycles. The van der Waals surface area contributed by atoms with Gasteiger partial charge in [0.25, 0.3) is 10.0 Å². The molecule has 2 N–H and O–H groups in total. The number of sulfonamides is 1. The summed E-state index contributed by atoms with van der Waals surface area (Å²) < 4.78 is 47.0. The number of thiazole rings is 1. The molecule has 0 aliphatic heterocycles. The molecule has 180 valence electrons. The second-order valence-electron chi connectivity index (χ2n) is 8.51. The lowest BCUT2D eigenvalue weighted by molar-refractivity contribution is 0.0691. The molecule has 2 aromatic carbocycles. The van der Waals surface area contributed by atoms with Gasteiger partial charge in [0.2, 0.25) is 4.34 Å². The van der Waals surface area contributed by atoms with Gasteiger partial charge < -0.3 is 9.84 Å². The van der Waals surface area contributed by atoms with E-state index >= 15 is 0 Å². The van der Waals surface area contributed by atoms with Gasteiger partial charge in [-0.25, -0.2) is 14.2 Å². The van der Waals surface area contributed by atoms with Crippen molar-refractivity contribution < 1.29 is 27.4 Å². The maximum absolute atomic E-state index is 14.1. The smallest absolute Gasteiger partial charge is 0.338 e. The molecule has 1 aliphatic rings. The average molecular weight is 505 g/mol. The SMILES string of the molecule is COc1cc(C(=O)O)c(F)cc1NS(=O)(=O)c1ncc(-c2ccc(C3CCC(C)CC3)cc2)s1. The third kappa shape index (κ3) is 5.07. The van der Waals surface area contributed by atoms with E-state index in [1.165, 1.54) is 44.6 Å². The van der Waals surface area contributed by atoms with Gasteiger partial charge in [-0.15, -0.1) is 11.3 Å². The monoisotopic (exact) mass is 504 g/mol. The van der Waals surface area contributed by atoms with Gasteiger partial charge in [-0.1, -0.05) is 44.0 Å². The molecule has 0 saturated heterocycles. The van der Waals surface area contributed by atoms with Crippen molar-refractivity contribution in [2.24, 2.45) is 5.92 Å². The Morgan fingerprint density at radius 3 is 2.47 bits per heavy atom. The highest BCUT2D eigenvalue weighted by molar-refractivity contribution is 7.94. The highest BCUT2D eigenvalue weighted by Gasteiger charge is 2.24. The number of ether oxygens (including phenoxy) is 1. The summed E-state index contributed by atoms with van der Waals surface area (Å²) in [6.45, 7) is 2.29. The Morgan fingerprint density at radius 1 is 1.18 bits per heavy atom. The third-order valence-corrected chi connectivity index (χ3v) is 8.96. The van der Waals surface area contributed by atoms with Crippen molar-refractivity contribution in [2.75, 3.05) is 11.8 Å². The summed E-state index contributed by atoms with van der Waals surface area (Å²) in [5.74, 6) is -1.34. The fourth-order valence-electron chi connectivity index (χ4n) is 4.18. The number of aromatic nitrogens is 1. The number of hydrogen-bond donors (Lipinski definition) is 2. The average Bonchev–Trinajstić information content (AvgIpc) is 3.31. The number of carboxylic acid groups (broad SMARTS) is 1. The van der Waals surface area contributed by atoms with Gasteiger partial charge in [0.1, 0.15) is 11.6 Å². The lowest BCUT2D eigenvalue weighted by Crippen LogP contribution is -2.14. The number of carbonyl (C=O) groups is 1. The number of nitrogens with one attached hydrogen (secondary N) is 1. The highest BCUT2D eigenvalue weighted by atomic mass is 32.2. The quantitative estimate of drug-likeness (QED) is 0.424. The lowest BCUT2D eigenvalue weighted by Gasteiger charge is -2.26. The third-order valence-electron chi connectivity index (χ3n) is 6.16. The maximum Gasteiger partial charge on any atom is 0.338 e. The van der Waals surface area contributed by atoms with Crippen LogP contribution in [0.1, 0.15) is 54.4 Å². The van der Waals surface area contributed by atoms with Crippen molar-refractivity contribution in [3.05, 3.63) is 59.5 Å². The van der Waals surface area contributed by atoms with Crippen LogP contribution in [0.15, 0.2) is 46.9 Å². The molecule has 1 heterocycles. The van der Waals surface area contributed by atoms with Gasteiger partial charge in [-0.3, -0.25) is 4.72 Å². The maximum atomic E-state index is 14.1. The van der Waals surface area contributed by atoms with Crippen molar-refractivity contribution in [1.29, 1.82) is 0 Å². The summed E-state index contributed by atoms with van der Waals surface area (Å²) >= 11 is 0.989. The summed E-state index contributed by atoms with van der Waals surface area (Å²) in [5.41, 5.74) is 1.32. The largest absolute Gasteiger partial charge is 0.495 e. The second kappa shape index (κ2) is 9.71. The standard InChI is InChI=1S/C24H25FN2O5S2/c1-14-3-5-15(6-4-14)16-7-9-17(10-8-16)22-13-26-24(33-22)34(30,31)27-20-12-19(25)18(23(28)29)11-21(20)32-2/h7-15,27H,3-6H2,1-2H3,(H,28,29). The number of carboxylic acids is 1. The van der Waals surface area contributed by atoms with Crippen molar-refractivity contribution in [1.82, 2.24) is 4.98 Å². The van der Waals surface area contributed by atoms with Crippen LogP contribution in [-0.2, 0) is 10.0 Å². The summed E-state index contributed by atoms with van der Waals surface area (Å²) in [7, 11) is -2.92. The number of benzene rings is 2. The van der Waals surface area contributed by atoms with Crippen LogP contribution in [0.2, 0.25) is 0 Å². The Hall–Kier alpha value is -2.98. The van der Waals surface area contributed by atoms with Crippen LogP contribution >= 0.6 is 11.3 Å². The van der Waals surface area contributed by atoms with Gasteiger partial charge in [-0.05, 0) is 41.9 Å². The molecule has 1 fully saturated rings. The summed E-state index contributed by atoms with van der Waals surface area (Å²) in [6.07, 6.45) is 6.34. The fourth-order valence-corrected chi connectivity index (χ4v) is 6.40. The van der Waals surface area contributed by atoms with E-state index in [0.717, 1.165) is 35.0 Å². The zero-order chi connectivity index (χ0) is 24.5. The second-order valence-corrected chi connectivity index (χ2v) is 11.4. The molecule has 0 radical (unpaired) electrons. The van der Waals surface area contributed by atoms with Crippen LogP contribution in [0, 0.1) is 11.7 Å². The lowest BCUT2D eigenvalue weighted by atomic mass is 9.79. The first-order chi connectivity index (χ1) is 16.2. The molecule has 10 heteroatoms. The number of halogens is 1. The molecule has 1 aliphatic carbocycles. The van der Waals surface area contributed by atoms with Crippen LogP contribution in [0.25, 0.3) is 10.4 Å². The molecule has 0 amide bonds. The molecule has 0 spiro atoms. The van der Waals surface area contributed by atoms with Crippen LogP contribution in [0.5, 0.6) is 5.75 Å². The van der Waals surface area contributed by atoms with Gasteiger partial charge in [0, 0.05) is 12.3 Å². The first-order valence-electron chi connectivity index (χ1n) is 10.9. The van der Waals surface area contributed by atoms with Crippen molar-refractivity contribution >= 4 is 33.0 Å². The van der Waals surface area contributed by atoms with Crippen LogP contribution in [0.3, 0.4) is 0 Å². The van der Waals surface area contributed by atoms with Gasteiger partial charge in [0.05, 0.1) is 23.2 Å². The summed E-state index contributed by atoms with van der Waals surface area (Å²) in [4.78, 5) is 15.9. The normalized spacial score (nSPS) is 18.4. The molecule has 7 nitrogen and oxygen atoms in total. The number of methoxy groups -OCH3 is 1. The molecule has 0 unspecified atom stereocenters. The van der Waals surface area contributed by atoms with E-state index in [9.17, 15) is 17.6 Å². The van der Waals surface area contributed by atoms with Crippen LogP contribution in [0.4, 0.5) is 10.1 Å². The minimum atomic E-state index is -4.15. The van der Waals surface area contributed by atoms with Crippen LogP contribution in [-0.4, -0.2) is 31.6 Å². The zero-order valence-electron chi connectivity index (χ0n) is 18.7. The van der Waals surface area contributed by atoms with Crippen molar-refractivity contribution in [3.63, 3.8) is 0 Å². The minimum absolute atomic E-state index is 0.119. The first kappa shape index (κ1) is 24.2. The molecule has 3 aromatic rings. The van der Waals surface area contributed by atoms with E-state index in [4.69, 9.17) is 9.84 Å². The number of anilines is 1. The molecule has 34 heavy (non-hydrogen) atoms. The van der Waals surface area contributed by atoms with Gasteiger partial charge >= 0.3 is 5.97 Å². The molecule has 0 atom stereocenters. The molecule has 1 aromatic heterocycles. The van der Waals surface area contributed by atoms with Crippen molar-refractivity contribution in [3.8, 4) is 16.2 Å². The number of hydrogen-bond acceptors (Lipinski definition) is 6. The molecule has 0 bridgehead atoms.